The Kier molecular flexibility index (Phi) is 3.98. The first-order valence-electron chi connectivity index (χ1n) is 5.98. The predicted molar refractivity (Wildman–Crippen MR) is 66.3 cm³/mol. The topological polar surface area (TPSA) is 43.0 Å². The SMILES string of the molecule is CC(C)Cn1cc(CNCc2ccco2)cn1. The molecule has 4 heteroatoms. The van der Waals surface area contributed by atoms with Gasteiger partial charge in [0, 0.05) is 24.8 Å². The van der Waals surface area contributed by atoms with Crippen LogP contribution in [0.2, 0.25) is 0 Å². The molecule has 0 spiro atoms. The third kappa shape index (κ3) is 3.75. The molecule has 0 aliphatic carbocycles. The lowest BCUT2D eigenvalue weighted by Crippen LogP contribution is -2.11. The second-order valence-electron chi connectivity index (χ2n) is 4.65. The van der Waals surface area contributed by atoms with Crippen molar-refractivity contribution in [2.75, 3.05) is 0 Å². The van der Waals surface area contributed by atoms with Crippen LogP contribution in [0.1, 0.15) is 25.2 Å². The summed E-state index contributed by atoms with van der Waals surface area (Å²) in [6, 6.07) is 3.87. The fourth-order valence-corrected chi connectivity index (χ4v) is 1.71. The summed E-state index contributed by atoms with van der Waals surface area (Å²) in [6.07, 6.45) is 5.70. The van der Waals surface area contributed by atoms with E-state index in [-0.39, 0.29) is 0 Å². The average Bonchev–Trinajstić information content (AvgIpc) is 2.89. The first-order valence-corrected chi connectivity index (χ1v) is 5.98. The minimum absolute atomic E-state index is 0.624. The Balaban J connectivity index is 1.77. The van der Waals surface area contributed by atoms with Crippen LogP contribution in [-0.4, -0.2) is 9.78 Å². The van der Waals surface area contributed by atoms with Gasteiger partial charge in [-0.3, -0.25) is 4.68 Å². The molecule has 0 aromatic carbocycles. The van der Waals surface area contributed by atoms with E-state index in [0.29, 0.717) is 5.92 Å². The fourth-order valence-electron chi connectivity index (χ4n) is 1.71. The van der Waals surface area contributed by atoms with Crippen LogP contribution >= 0.6 is 0 Å². The van der Waals surface area contributed by atoms with Crippen LogP contribution in [0.25, 0.3) is 0 Å². The van der Waals surface area contributed by atoms with E-state index in [4.69, 9.17) is 4.42 Å². The molecule has 0 unspecified atom stereocenters. The van der Waals surface area contributed by atoms with Crippen molar-refractivity contribution in [3.63, 3.8) is 0 Å². The molecule has 0 radical (unpaired) electrons. The van der Waals surface area contributed by atoms with Crippen LogP contribution in [0, 0.1) is 5.92 Å². The molecular formula is C13H19N3O. The monoisotopic (exact) mass is 233 g/mol. The van der Waals surface area contributed by atoms with Gasteiger partial charge in [-0.15, -0.1) is 0 Å². The normalized spacial score (nSPS) is 11.2. The highest BCUT2D eigenvalue weighted by molar-refractivity contribution is 5.04. The zero-order chi connectivity index (χ0) is 12.1. The maximum absolute atomic E-state index is 5.25. The Morgan fingerprint density at radius 3 is 3.00 bits per heavy atom. The fraction of sp³-hybridized carbons (Fsp3) is 0.462. The lowest BCUT2D eigenvalue weighted by Gasteiger charge is -2.03. The first-order chi connectivity index (χ1) is 8.24. The number of furan rings is 1. The zero-order valence-electron chi connectivity index (χ0n) is 10.4. The minimum Gasteiger partial charge on any atom is -0.468 e. The van der Waals surface area contributed by atoms with Crippen LogP contribution in [0.15, 0.2) is 35.2 Å². The molecule has 2 heterocycles. The van der Waals surface area contributed by atoms with E-state index in [1.54, 1.807) is 6.26 Å². The molecular weight excluding hydrogens is 214 g/mol. The zero-order valence-corrected chi connectivity index (χ0v) is 10.4. The number of hydrogen-bond donors (Lipinski definition) is 1. The average molecular weight is 233 g/mol. The van der Waals surface area contributed by atoms with Crippen molar-refractivity contribution in [3.05, 3.63) is 42.1 Å². The molecule has 1 N–H and O–H groups in total. The molecule has 0 atom stereocenters. The molecule has 0 aliphatic heterocycles. The van der Waals surface area contributed by atoms with Gasteiger partial charge in [0.15, 0.2) is 0 Å². The molecule has 2 aromatic rings. The summed E-state index contributed by atoms with van der Waals surface area (Å²) in [7, 11) is 0. The Labute approximate surface area is 102 Å². The number of rotatable bonds is 6. The van der Waals surface area contributed by atoms with Gasteiger partial charge >= 0.3 is 0 Å². The van der Waals surface area contributed by atoms with E-state index in [1.165, 1.54) is 5.56 Å². The van der Waals surface area contributed by atoms with Crippen molar-refractivity contribution in [1.29, 1.82) is 0 Å². The summed E-state index contributed by atoms with van der Waals surface area (Å²) in [5, 5.41) is 7.65. The van der Waals surface area contributed by atoms with Crippen LogP contribution in [0.4, 0.5) is 0 Å². The molecule has 4 nitrogen and oxygen atoms in total. The Hall–Kier alpha value is -1.55. The van der Waals surface area contributed by atoms with Crippen LogP contribution in [-0.2, 0) is 19.6 Å². The quantitative estimate of drug-likeness (QED) is 0.833. The van der Waals surface area contributed by atoms with Crippen molar-refractivity contribution in [2.24, 2.45) is 5.92 Å². The van der Waals surface area contributed by atoms with Crippen LogP contribution in [0.3, 0.4) is 0 Å². The number of nitrogens with one attached hydrogen (secondary N) is 1. The molecule has 0 amide bonds. The lowest BCUT2D eigenvalue weighted by atomic mass is 10.2. The van der Waals surface area contributed by atoms with Crippen molar-refractivity contribution < 1.29 is 4.42 Å². The minimum atomic E-state index is 0.624. The van der Waals surface area contributed by atoms with E-state index in [0.717, 1.165) is 25.4 Å². The smallest absolute Gasteiger partial charge is 0.117 e. The summed E-state index contributed by atoms with van der Waals surface area (Å²) in [6.45, 7) is 6.92. The number of aromatic nitrogens is 2. The molecule has 0 bridgehead atoms. The van der Waals surface area contributed by atoms with Gasteiger partial charge in [0.1, 0.15) is 5.76 Å². The summed E-state index contributed by atoms with van der Waals surface area (Å²) in [5.74, 6) is 1.58. The standard InChI is InChI=1S/C13H19N3O/c1-11(2)9-16-10-12(7-15-16)6-14-8-13-4-3-5-17-13/h3-5,7,10-11,14H,6,8-9H2,1-2H3. The second kappa shape index (κ2) is 5.68. The van der Waals surface area contributed by atoms with Crippen molar-refractivity contribution in [2.45, 2.75) is 33.5 Å². The summed E-state index contributed by atoms with van der Waals surface area (Å²) >= 11 is 0. The maximum atomic E-state index is 5.25. The van der Waals surface area contributed by atoms with Crippen molar-refractivity contribution in [3.8, 4) is 0 Å². The third-order valence-corrected chi connectivity index (χ3v) is 2.45. The van der Waals surface area contributed by atoms with Crippen molar-refractivity contribution >= 4 is 0 Å². The number of hydrogen-bond acceptors (Lipinski definition) is 3. The molecule has 0 fully saturated rings. The van der Waals surface area contributed by atoms with E-state index < -0.39 is 0 Å². The molecule has 92 valence electrons. The first kappa shape index (κ1) is 11.9. The van der Waals surface area contributed by atoms with E-state index in [9.17, 15) is 0 Å². The highest BCUT2D eigenvalue weighted by Gasteiger charge is 2.01. The Morgan fingerprint density at radius 2 is 2.29 bits per heavy atom. The van der Waals surface area contributed by atoms with Gasteiger partial charge < -0.3 is 9.73 Å². The molecule has 2 rings (SSSR count). The highest BCUT2D eigenvalue weighted by Crippen LogP contribution is 2.03. The molecule has 0 aliphatic rings. The summed E-state index contributed by atoms with van der Waals surface area (Å²) in [4.78, 5) is 0. The van der Waals surface area contributed by atoms with E-state index in [1.807, 2.05) is 23.0 Å². The molecule has 0 saturated heterocycles. The van der Waals surface area contributed by atoms with Gasteiger partial charge in [0.2, 0.25) is 0 Å². The molecule has 17 heavy (non-hydrogen) atoms. The second-order valence-corrected chi connectivity index (χ2v) is 4.65. The van der Waals surface area contributed by atoms with Gasteiger partial charge in [0.25, 0.3) is 0 Å². The molecule has 0 saturated carbocycles. The van der Waals surface area contributed by atoms with Crippen molar-refractivity contribution in [1.82, 2.24) is 15.1 Å². The van der Waals surface area contributed by atoms with Crippen LogP contribution in [0.5, 0.6) is 0 Å². The Bertz CT molecular complexity index is 431. The largest absolute Gasteiger partial charge is 0.468 e. The van der Waals surface area contributed by atoms with Gasteiger partial charge in [-0.1, -0.05) is 13.8 Å². The summed E-state index contributed by atoms with van der Waals surface area (Å²) < 4.78 is 7.24. The Morgan fingerprint density at radius 1 is 1.41 bits per heavy atom. The maximum Gasteiger partial charge on any atom is 0.117 e. The summed E-state index contributed by atoms with van der Waals surface area (Å²) in [5.41, 5.74) is 1.21. The van der Waals surface area contributed by atoms with Gasteiger partial charge in [0.05, 0.1) is 19.0 Å². The van der Waals surface area contributed by atoms with Crippen LogP contribution < -0.4 is 5.32 Å². The highest BCUT2D eigenvalue weighted by atomic mass is 16.3. The molecule has 2 aromatic heterocycles. The van der Waals surface area contributed by atoms with E-state index >= 15 is 0 Å². The predicted octanol–water partition coefficient (Wildman–Crippen LogP) is 2.42. The number of nitrogens with zero attached hydrogens (tertiary/aromatic N) is 2. The van der Waals surface area contributed by atoms with Gasteiger partial charge in [-0.25, -0.2) is 0 Å². The third-order valence-electron chi connectivity index (χ3n) is 2.45. The van der Waals surface area contributed by atoms with E-state index in [2.05, 4.69) is 30.5 Å². The van der Waals surface area contributed by atoms with Gasteiger partial charge in [-0.2, -0.15) is 5.10 Å². The lowest BCUT2D eigenvalue weighted by molar-refractivity contribution is 0.479. The van der Waals surface area contributed by atoms with Gasteiger partial charge in [-0.05, 0) is 18.1 Å².